The minimum Gasteiger partial charge on any atom is -0.385 e. The molecule has 103 valence electrons. The number of methoxy groups -OCH3 is 1. The van der Waals surface area contributed by atoms with E-state index in [-0.39, 0.29) is 6.61 Å². The Bertz CT molecular complexity index is 117. The Labute approximate surface area is 105 Å². The lowest BCUT2D eigenvalue weighted by atomic mass is 10.3. The van der Waals surface area contributed by atoms with Crippen molar-refractivity contribution in [1.82, 2.24) is 0 Å². The monoisotopic (exact) mass is 247 g/mol. The molecule has 4 nitrogen and oxygen atoms in total. The van der Waals surface area contributed by atoms with E-state index < -0.39 is 0 Å². The van der Waals surface area contributed by atoms with Gasteiger partial charge in [-0.3, -0.25) is 0 Å². The molecule has 4 heteroatoms. The molecule has 0 saturated carbocycles. The SMILES string of the molecule is COCCCCOCCCCOCCCC[O]. The molecular formula is C13H27O4. The molecule has 0 aliphatic rings. The van der Waals surface area contributed by atoms with Crippen LogP contribution < -0.4 is 0 Å². The van der Waals surface area contributed by atoms with E-state index >= 15 is 0 Å². The second-order valence-electron chi connectivity index (χ2n) is 4.04. The number of hydrogen-bond acceptors (Lipinski definition) is 3. The smallest absolute Gasteiger partial charge is 0.0823 e. The molecular weight excluding hydrogens is 220 g/mol. The number of unbranched alkanes of at least 4 members (excludes halogenated alkanes) is 3. The van der Waals surface area contributed by atoms with Crippen LogP contribution in [0.3, 0.4) is 0 Å². The Morgan fingerprint density at radius 3 is 1.47 bits per heavy atom. The van der Waals surface area contributed by atoms with Gasteiger partial charge in [-0.2, -0.15) is 0 Å². The number of ether oxygens (including phenoxy) is 3. The largest absolute Gasteiger partial charge is 0.385 e. The van der Waals surface area contributed by atoms with E-state index in [9.17, 15) is 5.11 Å². The van der Waals surface area contributed by atoms with Gasteiger partial charge < -0.3 is 14.2 Å². The van der Waals surface area contributed by atoms with Crippen molar-refractivity contribution >= 4 is 0 Å². The molecule has 0 unspecified atom stereocenters. The minimum atomic E-state index is 0.0142. The Kier molecular flexibility index (Phi) is 15.7. The summed E-state index contributed by atoms with van der Waals surface area (Å²) in [6.07, 6.45) is 5.84. The van der Waals surface area contributed by atoms with Crippen LogP contribution in [-0.4, -0.2) is 46.8 Å². The summed E-state index contributed by atoms with van der Waals surface area (Å²) in [6, 6.07) is 0. The third-order valence-corrected chi connectivity index (χ3v) is 2.40. The Morgan fingerprint density at radius 2 is 1.06 bits per heavy atom. The van der Waals surface area contributed by atoms with E-state index in [0.717, 1.165) is 71.6 Å². The zero-order valence-corrected chi connectivity index (χ0v) is 11.1. The lowest BCUT2D eigenvalue weighted by Gasteiger charge is -2.05. The summed E-state index contributed by atoms with van der Waals surface area (Å²) in [5, 5.41) is 10.2. The van der Waals surface area contributed by atoms with Crippen LogP contribution in [0.1, 0.15) is 38.5 Å². The van der Waals surface area contributed by atoms with Crippen molar-refractivity contribution in [1.29, 1.82) is 0 Å². The van der Waals surface area contributed by atoms with Crippen molar-refractivity contribution in [2.45, 2.75) is 38.5 Å². The molecule has 0 rings (SSSR count). The molecule has 0 fully saturated rings. The molecule has 0 N–H and O–H groups in total. The maximum absolute atomic E-state index is 10.2. The van der Waals surface area contributed by atoms with E-state index in [1.165, 1.54) is 0 Å². The normalized spacial score (nSPS) is 10.9. The highest BCUT2D eigenvalue weighted by Gasteiger charge is 1.92. The molecule has 0 amide bonds. The summed E-state index contributed by atoms with van der Waals surface area (Å²) in [5.74, 6) is 0. The molecule has 17 heavy (non-hydrogen) atoms. The van der Waals surface area contributed by atoms with E-state index in [1.54, 1.807) is 7.11 Å². The highest BCUT2D eigenvalue weighted by atomic mass is 16.5. The molecule has 0 spiro atoms. The summed E-state index contributed by atoms with van der Waals surface area (Å²) in [6.45, 7) is 3.98. The molecule has 0 heterocycles. The Morgan fingerprint density at radius 1 is 0.647 bits per heavy atom. The summed E-state index contributed by atoms with van der Waals surface area (Å²) < 4.78 is 15.8. The summed E-state index contributed by atoms with van der Waals surface area (Å²) >= 11 is 0. The van der Waals surface area contributed by atoms with E-state index in [2.05, 4.69) is 0 Å². The average molecular weight is 247 g/mol. The van der Waals surface area contributed by atoms with Gasteiger partial charge in [0, 0.05) is 40.1 Å². The molecule has 0 aromatic heterocycles. The average Bonchev–Trinajstić information content (AvgIpc) is 2.35. The third kappa shape index (κ3) is 15.8. The lowest BCUT2D eigenvalue weighted by molar-refractivity contribution is 0.0920. The second-order valence-corrected chi connectivity index (χ2v) is 4.04. The van der Waals surface area contributed by atoms with Gasteiger partial charge in [0.2, 0.25) is 0 Å². The first kappa shape index (κ1) is 16.8. The molecule has 0 atom stereocenters. The van der Waals surface area contributed by atoms with Crippen LogP contribution in [0.2, 0.25) is 0 Å². The quantitative estimate of drug-likeness (QED) is 0.443. The number of hydrogen-bond donors (Lipinski definition) is 0. The fourth-order valence-electron chi connectivity index (χ4n) is 1.37. The van der Waals surface area contributed by atoms with Crippen LogP contribution in [0.4, 0.5) is 0 Å². The maximum atomic E-state index is 10.2. The fraction of sp³-hybridized carbons (Fsp3) is 1.00. The maximum Gasteiger partial charge on any atom is 0.0823 e. The van der Waals surface area contributed by atoms with Gasteiger partial charge in [0.15, 0.2) is 0 Å². The molecule has 0 aliphatic carbocycles. The molecule has 0 aromatic carbocycles. The minimum absolute atomic E-state index is 0.0142. The second kappa shape index (κ2) is 15.8. The highest BCUT2D eigenvalue weighted by molar-refractivity contribution is 4.42. The van der Waals surface area contributed by atoms with Crippen LogP contribution in [-0.2, 0) is 19.3 Å². The van der Waals surface area contributed by atoms with Crippen LogP contribution >= 0.6 is 0 Å². The van der Waals surface area contributed by atoms with Crippen molar-refractivity contribution in [3.63, 3.8) is 0 Å². The van der Waals surface area contributed by atoms with Crippen molar-refractivity contribution in [3.05, 3.63) is 0 Å². The topological polar surface area (TPSA) is 47.6 Å². The molecule has 0 saturated heterocycles. The zero-order chi connectivity index (χ0) is 12.6. The predicted molar refractivity (Wildman–Crippen MR) is 66.8 cm³/mol. The highest BCUT2D eigenvalue weighted by Crippen LogP contribution is 1.96. The van der Waals surface area contributed by atoms with Crippen molar-refractivity contribution in [2.75, 3.05) is 46.8 Å². The first-order valence-corrected chi connectivity index (χ1v) is 6.64. The predicted octanol–water partition coefficient (Wildman–Crippen LogP) is 2.44. The molecule has 0 bridgehead atoms. The van der Waals surface area contributed by atoms with Crippen LogP contribution in [0.25, 0.3) is 0 Å². The first-order valence-electron chi connectivity index (χ1n) is 6.64. The Balaban J connectivity index is 2.85. The Hall–Kier alpha value is -0.160. The van der Waals surface area contributed by atoms with Crippen LogP contribution in [0.15, 0.2) is 0 Å². The van der Waals surface area contributed by atoms with Gasteiger partial charge in [-0.15, -0.1) is 0 Å². The standard InChI is InChI=1S/C13H27O4/c1-15-9-4-5-11-17-13-7-6-12-16-10-3-2-8-14/h2-13H2,1H3. The van der Waals surface area contributed by atoms with Gasteiger partial charge in [0.25, 0.3) is 0 Å². The molecule has 0 aromatic rings. The summed E-state index contributed by atoms with van der Waals surface area (Å²) in [5.41, 5.74) is 0. The number of rotatable bonds is 14. The van der Waals surface area contributed by atoms with Crippen molar-refractivity contribution < 1.29 is 19.3 Å². The van der Waals surface area contributed by atoms with Gasteiger partial charge in [0.05, 0.1) is 6.61 Å². The van der Waals surface area contributed by atoms with Gasteiger partial charge in [0.1, 0.15) is 0 Å². The third-order valence-electron chi connectivity index (χ3n) is 2.40. The van der Waals surface area contributed by atoms with Gasteiger partial charge in [-0.25, -0.2) is 5.11 Å². The molecule has 1 radical (unpaired) electrons. The van der Waals surface area contributed by atoms with Gasteiger partial charge in [-0.1, -0.05) is 0 Å². The first-order chi connectivity index (χ1) is 8.41. The van der Waals surface area contributed by atoms with Gasteiger partial charge in [-0.05, 0) is 38.5 Å². The van der Waals surface area contributed by atoms with E-state index in [4.69, 9.17) is 14.2 Å². The van der Waals surface area contributed by atoms with Crippen molar-refractivity contribution in [2.24, 2.45) is 0 Å². The van der Waals surface area contributed by atoms with Gasteiger partial charge >= 0.3 is 0 Å². The fourth-order valence-corrected chi connectivity index (χ4v) is 1.37. The van der Waals surface area contributed by atoms with Crippen LogP contribution in [0, 0.1) is 0 Å². The lowest BCUT2D eigenvalue weighted by Crippen LogP contribution is -2.02. The summed E-state index contributed by atoms with van der Waals surface area (Å²) in [7, 11) is 1.72. The summed E-state index contributed by atoms with van der Waals surface area (Å²) in [4.78, 5) is 0. The van der Waals surface area contributed by atoms with Crippen molar-refractivity contribution in [3.8, 4) is 0 Å². The molecule has 0 aliphatic heterocycles. The van der Waals surface area contributed by atoms with E-state index in [0.29, 0.717) is 0 Å². The zero-order valence-electron chi connectivity index (χ0n) is 11.1. The van der Waals surface area contributed by atoms with Crippen LogP contribution in [0.5, 0.6) is 0 Å². The van der Waals surface area contributed by atoms with E-state index in [1.807, 2.05) is 0 Å².